The Morgan fingerprint density at radius 1 is 1.82 bits per heavy atom. The van der Waals surface area contributed by atoms with Crippen LogP contribution in [0.15, 0.2) is 29.0 Å². The molecule has 0 aromatic heterocycles. The van der Waals surface area contributed by atoms with Gasteiger partial charge < -0.3 is 9.73 Å². The molecule has 0 bridgehead atoms. The summed E-state index contributed by atoms with van der Waals surface area (Å²) in [6, 6.07) is 0. The molecule has 2 heteroatoms. The molecule has 1 atom stereocenters. The molecule has 0 N–H and O–H groups in total. The van der Waals surface area contributed by atoms with Crippen LogP contribution >= 0.6 is 0 Å². The van der Waals surface area contributed by atoms with Crippen LogP contribution in [-0.2, 0) is 4.74 Å². The number of allylic oxidation sites excluding steroid dienone is 3. The van der Waals surface area contributed by atoms with E-state index in [1.807, 2.05) is 12.2 Å². The van der Waals surface area contributed by atoms with Crippen molar-refractivity contribution in [2.24, 2.45) is 10.9 Å². The molecule has 0 aliphatic heterocycles. The second kappa shape index (κ2) is 3.96. The molecule has 0 heterocycles. The van der Waals surface area contributed by atoms with Crippen LogP contribution in [0.25, 0.3) is 0 Å². The third-order valence-corrected chi connectivity index (χ3v) is 1.80. The molecule has 11 heavy (non-hydrogen) atoms. The SMILES string of the molecule is C=NCC1CC=CC=C1OC. The predicted octanol–water partition coefficient (Wildman–Crippen LogP) is 1.79. The quantitative estimate of drug-likeness (QED) is 0.563. The van der Waals surface area contributed by atoms with Gasteiger partial charge in [0.05, 0.1) is 7.11 Å². The van der Waals surface area contributed by atoms with Gasteiger partial charge in [-0.2, -0.15) is 0 Å². The summed E-state index contributed by atoms with van der Waals surface area (Å²) in [6.07, 6.45) is 7.13. The first-order chi connectivity index (χ1) is 5.38. The van der Waals surface area contributed by atoms with Crippen molar-refractivity contribution in [1.29, 1.82) is 0 Å². The Hall–Kier alpha value is -1.05. The average molecular weight is 151 g/mol. The maximum atomic E-state index is 5.18. The third-order valence-electron chi connectivity index (χ3n) is 1.80. The first-order valence-electron chi connectivity index (χ1n) is 3.71. The van der Waals surface area contributed by atoms with Crippen molar-refractivity contribution < 1.29 is 4.74 Å². The Kier molecular flexibility index (Phi) is 2.90. The molecule has 60 valence electrons. The van der Waals surface area contributed by atoms with Crippen LogP contribution in [0, 0.1) is 5.92 Å². The first-order valence-corrected chi connectivity index (χ1v) is 3.71. The first kappa shape index (κ1) is 8.05. The van der Waals surface area contributed by atoms with Crippen molar-refractivity contribution in [3.05, 3.63) is 24.0 Å². The zero-order valence-corrected chi connectivity index (χ0v) is 6.79. The maximum absolute atomic E-state index is 5.18. The zero-order valence-electron chi connectivity index (χ0n) is 6.79. The molecule has 0 spiro atoms. The Morgan fingerprint density at radius 3 is 3.27 bits per heavy atom. The minimum atomic E-state index is 0.405. The van der Waals surface area contributed by atoms with E-state index in [0.717, 1.165) is 18.7 Å². The lowest BCUT2D eigenvalue weighted by molar-refractivity contribution is 0.242. The van der Waals surface area contributed by atoms with E-state index in [0.29, 0.717) is 5.92 Å². The van der Waals surface area contributed by atoms with Crippen LogP contribution in [0.4, 0.5) is 0 Å². The topological polar surface area (TPSA) is 21.6 Å². The molecule has 1 aliphatic rings. The zero-order chi connectivity index (χ0) is 8.10. The fourth-order valence-corrected chi connectivity index (χ4v) is 1.21. The van der Waals surface area contributed by atoms with Crippen molar-refractivity contribution in [2.45, 2.75) is 6.42 Å². The highest BCUT2D eigenvalue weighted by Crippen LogP contribution is 2.20. The van der Waals surface area contributed by atoms with E-state index in [9.17, 15) is 0 Å². The molecule has 0 aromatic carbocycles. The van der Waals surface area contributed by atoms with Crippen LogP contribution in [0.1, 0.15) is 6.42 Å². The summed E-state index contributed by atoms with van der Waals surface area (Å²) in [5, 5.41) is 0. The van der Waals surface area contributed by atoms with Crippen molar-refractivity contribution in [3.8, 4) is 0 Å². The largest absolute Gasteiger partial charge is 0.501 e. The normalized spacial score (nSPS) is 22.6. The standard InChI is InChI=1S/C9H13NO/c1-10-7-8-5-3-4-6-9(8)11-2/h3-4,6,8H,1,5,7H2,2H3. The van der Waals surface area contributed by atoms with Crippen LogP contribution in [-0.4, -0.2) is 20.4 Å². The maximum Gasteiger partial charge on any atom is 0.101 e. The molecule has 1 rings (SSSR count). The van der Waals surface area contributed by atoms with Crippen LogP contribution < -0.4 is 0 Å². The van der Waals surface area contributed by atoms with Gasteiger partial charge in [-0.25, -0.2) is 0 Å². The Morgan fingerprint density at radius 2 is 2.64 bits per heavy atom. The van der Waals surface area contributed by atoms with Gasteiger partial charge in [-0.05, 0) is 19.2 Å². The molecule has 2 nitrogen and oxygen atoms in total. The van der Waals surface area contributed by atoms with Gasteiger partial charge in [0.25, 0.3) is 0 Å². The van der Waals surface area contributed by atoms with E-state index in [4.69, 9.17) is 4.74 Å². The molecule has 0 radical (unpaired) electrons. The van der Waals surface area contributed by atoms with Gasteiger partial charge in [-0.3, -0.25) is 0 Å². The van der Waals surface area contributed by atoms with Crippen molar-refractivity contribution >= 4 is 6.72 Å². The minimum Gasteiger partial charge on any atom is -0.501 e. The number of aliphatic imine (C=N–C) groups is 1. The van der Waals surface area contributed by atoms with Crippen molar-refractivity contribution in [2.75, 3.05) is 13.7 Å². The summed E-state index contributed by atoms with van der Waals surface area (Å²) >= 11 is 0. The van der Waals surface area contributed by atoms with Gasteiger partial charge in [-0.15, -0.1) is 0 Å². The van der Waals surface area contributed by atoms with Gasteiger partial charge in [0.1, 0.15) is 5.76 Å². The summed E-state index contributed by atoms with van der Waals surface area (Å²) in [7, 11) is 1.70. The van der Waals surface area contributed by atoms with E-state index in [1.54, 1.807) is 7.11 Å². The van der Waals surface area contributed by atoms with E-state index >= 15 is 0 Å². The van der Waals surface area contributed by atoms with E-state index in [-0.39, 0.29) is 0 Å². The summed E-state index contributed by atoms with van der Waals surface area (Å²) < 4.78 is 5.18. The lowest BCUT2D eigenvalue weighted by atomic mass is 9.99. The summed E-state index contributed by atoms with van der Waals surface area (Å²) in [5.41, 5.74) is 0. The van der Waals surface area contributed by atoms with Gasteiger partial charge in [0, 0.05) is 12.5 Å². The molecular formula is C9H13NO. The summed E-state index contributed by atoms with van der Waals surface area (Å²) in [5.74, 6) is 1.42. The lowest BCUT2D eigenvalue weighted by Crippen LogP contribution is -2.10. The fourth-order valence-electron chi connectivity index (χ4n) is 1.21. The fraction of sp³-hybridized carbons (Fsp3) is 0.444. The molecule has 1 unspecified atom stereocenters. The number of ether oxygens (including phenoxy) is 1. The van der Waals surface area contributed by atoms with Crippen LogP contribution in [0.2, 0.25) is 0 Å². The molecule has 0 aromatic rings. The van der Waals surface area contributed by atoms with Crippen LogP contribution in [0.3, 0.4) is 0 Å². The molecule has 1 aliphatic carbocycles. The summed E-state index contributed by atoms with van der Waals surface area (Å²) in [6.45, 7) is 4.22. The van der Waals surface area contributed by atoms with E-state index < -0.39 is 0 Å². The van der Waals surface area contributed by atoms with Gasteiger partial charge in [-0.1, -0.05) is 12.2 Å². The average Bonchev–Trinajstić information content (AvgIpc) is 2.06. The number of rotatable bonds is 3. The predicted molar refractivity (Wildman–Crippen MR) is 46.8 cm³/mol. The second-order valence-corrected chi connectivity index (χ2v) is 2.54. The molecule has 0 saturated heterocycles. The van der Waals surface area contributed by atoms with Gasteiger partial charge >= 0.3 is 0 Å². The molecular weight excluding hydrogens is 138 g/mol. The number of hydrogen-bond donors (Lipinski definition) is 0. The van der Waals surface area contributed by atoms with Gasteiger partial charge in [0.2, 0.25) is 0 Å². The number of methoxy groups -OCH3 is 1. The van der Waals surface area contributed by atoms with Crippen molar-refractivity contribution in [1.82, 2.24) is 0 Å². The lowest BCUT2D eigenvalue weighted by Gasteiger charge is -2.17. The van der Waals surface area contributed by atoms with E-state index in [2.05, 4.69) is 17.8 Å². The monoisotopic (exact) mass is 151 g/mol. The Labute approximate surface area is 67.3 Å². The molecule has 0 amide bonds. The van der Waals surface area contributed by atoms with Gasteiger partial charge in [0.15, 0.2) is 0 Å². The van der Waals surface area contributed by atoms with Crippen LogP contribution in [0.5, 0.6) is 0 Å². The molecule has 0 fully saturated rings. The number of hydrogen-bond acceptors (Lipinski definition) is 2. The Balaban J connectivity index is 2.59. The van der Waals surface area contributed by atoms with E-state index in [1.165, 1.54) is 0 Å². The number of nitrogens with zero attached hydrogens (tertiary/aromatic N) is 1. The highest BCUT2D eigenvalue weighted by molar-refractivity contribution is 5.24. The summed E-state index contributed by atoms with van der Waals surface area (Å²) in [4.78, 5) is 3.85. The Bertz CT molecular complexity index is 192. The third kappa shape index (κ3) is 1.93. The minimum absolute atomic E-state index is 0.405. The highest BCUT2D eigenvalue weighted by Gasteiger charge is 2.14. The molecule has 0 saturated carbocycles. The van der Waals surface area contributed by atoms with Crippen molar-refractivity contribution in [3.63, 3.8) is 0 Å². The highest BCUT2D eigenvalue weighted by atomic mass is 16.5. The second-order valence-electron chi connectivity index (χ2n) is 2.54. The smallest absolute Gasteiger partial charge is 0.101 e.